The molecule has 0 N–H and O–H groups in total. The number of para-hydroxylation sites is 1. The van der Waals surface area contributed by atoms with Crippen LogP contribution in [0.1, 0.15) is 70.4 Å². The van der Waals surface area contributed by atoms with Crippen molar-refractivity contribution in [2.24, 2.45) is 17.8 Å². The first-order valence-electron chi connectivity index (χ1n) is 15.0. The highest BCUT2D eigenvalue weighted by Gasteiger charge is 2.51. The quantitative estimate of drug-likeness (QED) is 0.235. The number of furan rings is 1. The van der Waals surface area contributed by atoms with Crippen molar-refractivity contribution in [3.63, 3.8) is 0 Å². The molecule has 4 bridgehead atoms. The summed E-state index contributed by atoms with van der Waals surface area (Å²) in [5, 5.41) is 2.37. The van der Waals surface area contributed by atoms with Crippen molar-refractivity contribution in [3.05, 3.63) is 96.1 Å². The summed E-state index contributed by atoms with van der Waals surface area (Å²) >= 11 is 0. The molecule has 1 aromatic heterocycles. The molecule has 0 radical (unpaired) electrons. The molecule has 4 fully saturated rings. The van der Waals surface area contributed by atoms with E-state index in [2.05, 4.69) is 99.6 Å². The molecule has 9 rings (SSSR count). The van der Waals surface area contributed by atoms with E-state index in [4.69, 9.17) is 4.42 Å². The van der Waals surface area contributed by atoms with Crippen LogP contribution in [0.2, 0.25) is 0 Å². The zero-order chi connectivity index (χ0) is 26.4. The maximum atomic E-state index is 6.11. The normalized spacial score (nSPS) is 26.1. The Morgan fingerprint density at radius 3 is 1.85 bits per heavy atom. The second-order valence-corrected chi connectivity index (χ2v) is 14.1. The minimum absolute atomic E-state index is 0.0658. The highest BCUT2D eigenvalue weighted by molar-refractivity contribution is 6.06. The fraction of sp³-hybridized carbons (Fsp3) is 0.368. The molecule has 39 heavy (non-hydrogen) atoms. The second kappa shape index (κ2) is 8.34. The molecular formula is C38H38O. The van der Waals surface area contributed by atoms with E-state index in [0.29, 0.717) is 5.41 Å². The van der Waals surface area contributed by atoms with Crippen LogP contribution in [0.3, 0.4) is 0 Å². The molecule has 0 amide bonds. The molecule has 0 unspecified atom stereocenters. The van der Waals surface area contributed by atoms with Gasteiger partial charge in [-0.25, -0.2) is 0 Å². The Morgan fingerprint density at radius 1 is 0.590 bits per heavy atom. The number of rotatable bonds is 3. The number of hydrogen-bond donors (Lipinski definition) is 0. The number of benzene rings is 4. The van der Waals surface area contributed by atoms with Gasteiger partial charge in [-0.3, -0.25) is 0 Å². The van der Waals surface area contributed by atoms with Crippen molar-refractivity contribution in [1.82, 2.24) is 0 Å². The third-order valence-corrected chi connectivity index (χ3v) is 10.4. The van der Waals surface area contributed by atoms with Gasteiger partial charge in [0.25, 0.3) is 0 Å². The van der Waals surface area contributed by atoms with Gasteiger partial charge in [0, 0.05) is 10.8 Å². The molecule has 0 saturated heterocycles. The Morgan fingerprint density at radius 2 is 1.18 bits per heavy atom. The topological polar surface area (TPSA) is 13.1 Å². The van der Waals surface area contributed by atoms with E-state index in [1.807, 2.05) is 6.07 Å². The standard InChI is InChI=1S/C38H38O/c1-37(2,3)32-18-29(17-30(19-32)28-10-13-36-34(20-28)33-6-4-5-7-35(33)39-36)27-8-11-31(12-9-27)38-21-24-14-25(22-38)16-26(15-24)23-38/h4-13,17-20,24-26H,14-16,21-23H2,1-3H3. The lowest BCUT2D eigenvalue weighted by Gasteiger charge is -2.57. The van der Waals surface area contributed by atoms with Crippen LogP contribution in [0.15, 0.2) is 89.3 Å². The smallest absolute Gasteiger partial charge is 0.135 e. The molecule has 0 spiro atoms. The summed E-state index contributed by atoms with van der Waals surface area (Å²) in [6, 6.07) is 32.0. The van der Waals surface area contributed by atoms with Crippen LogP contribution >= 0.6 is 0 Å². The SMILES string of the molecule is CC(C)(C)c1cc(-c2ccc(C34CC5CC(CC(C5)C3)C4)cc2)cc(-c2ccc3oc4ccccc4c3c2)c1. The summed E-state index contributed by atoms with van der Waals surface area (Å²) < 4.78 is 6.11. The first kappa shape index (κ1) is 23.6. The van der Waals surface area contributed by atoms with E-state index in [9.17, 15) is 0 Å². The summed E-state index contributed by atoms with van der Waals surface area (Å²) in [6.07, 6.45) is 8.77. The predicted molar refractivity (Wildman–Crippen MR) is 163 cm³/mol. The maximum absolute atomic E-state index is 6.11. The third kappa shape index (κ3) is 3.88. The Balaban J connectivity index is 1.20. The molecule has 0 aliphatic heterocycles. The van der Waals surface area contributed by atoms with E-state index in [-0.39, 0.29) is 5.41 Å². The van der Waals surface area contributed by atoms with E-state index in [1.165, 1.54) is 77.1 Å². The Kier molecular flexibility index (Phi) is 5.04. The van der Waals surface area contributed by atoms with Gasteiger partial charge in [-0.2, -0.15) is 0 Å². The Labute approximate surface area is 232 Å². The van der Waals surface area contributed by atoms with Crippen LogP contribution in [0.25, 0.3) is 44.2 Å². The highest BCUT2D eigenvalue weighted by atomic mass is 16.3. The zero-order valence-corrected chi connectivity index (χ0v) is 23.5. The molecule has 4 aliphatic rings. The molecule has 0 atom stereocenters. The fourth-order valence-corrected chi connectivity index (χ4v) is 8.78. The monoisotopic (exact) mass is 510 g/mol. The number of fused-ring (bicyclic) bond motifs is 3. The molecule has 196 valence electrons. The molecule has 1 heterocycles. The third-order valence-electron chi connectivity index (χ3n) is 10.4. The van der Waals surface area contributed by atoms with Gasteiger partial charge >= 0.3 is 0 Å². The van der Waals surface area contributed by atoms with E-state index in [1.54, 1.807) is 5.56 Å². The molecule has 1 heteroatoms. The van der Waals surface area contributed by atoms with Crippen LogP contribution < -0.4 is 0 Å². The van der Waals surface area contributed by atoms with Gasteiger partial charge in [-0.15, -0.1) is 0 Å². The highest BCUT2D eigenvalue weighted by Crippen LogP contribution is 2.60. The molecule has 4 aliphatic carbocycles. The van der Waals surface area contributed by atoms with Gasteiger partial charge in [0.1, 0.15) is 11.2 Å². The largest absolute Gasteiger partial charge is 0.456 e. The lowest BCUT2D eigenvalue weighted by molar-refractivity contribution is -0.00518. The van der Waals surface area contributed by atoms with Crippen molar-refractivity contribution in [2.45, 2.75) is 70.1 Å². The van der Waals surface area contributed by atoms with Gasteiger partial charge in [-0.1, -0.05) is 81.4 Å². The van der Waals surface area contributed by atoms with Gasteiger partial charge in [0.2, 0.25) is 0 Å². The lowest BCUT2D eigenvalue weighted by Crippen LogP contribution is -2.48. The van der Waals surface area contributed by atoms with Gasteiger partial charge < -0.3 is 4.42 Å². The summed E-state index contributed by atoms with van der Waals surface area (Å²) in [7, 11) is 0. The van der Waals surface area contributed by atoms with Crippen molar-refractivity contribution < 1.29 is 4.42 Å². The van der Waals surface area contributed by atoms with Gasteiger partial charge in [-0.05, 0) is 125 Å². The van der Waals surface area contributed by atoms with E-state index >= 15 is 0 Å². The molecule has 4 saturated carbocycles. The summed E-state index contributed by atoms with van der Waals surface area (Å²) in [5.74, 6) is 2.94. The van der Waals surface area contributed by atoms with Crippen molar-refractivity contribution >= 4 is 21.9 Å². The van der Waals surface area contributed by atoms with Gasteiger partial charge in [0.15, 0.2) is 0 Å². The van der Waals surface area contributed by atoms with E-state index < -0.39 is 0 Å². The van der Waals surface area contributed by atoms with Crippen molar-refractivity contribution in [1.29, 1.82) is 0 Å². The Hall–Kier alpha value is -3.32. The molecular weight excluding hydrogens is 472 g/mol. The molecule has 1 nitrogen and oxygen atoms in total. The minimum Gasteiger partial charge on any atom is -0.456 e. The van der Waals surface area contributed by atoms with Crippen molar-refractivity contribution in [3.8, 4) is 22.3 Å². The number of hydrogen-bond acceptors (Lipinski definition) is 1. The first-order chi connectivity index (χ1) is 18.8. The lowest BCUT2D eigenvalue weighted by atomic mass is 9.48. The van der Waals surface area contributed by atoms with Gasteiger partial charge in [0.05, 0.1) is 0 Å². The summed E-state index contributed by atoms with van der Waals surface area (Å²) in [5.41, 5.74) is 10.6. The zero-order valence-electron chi connectivity index (χ0n) is 23.5. The fourth-order valence-electron chi connectivity index (χ4n) is 8.78. The average Bonchev–Trinajstić information content (AvgIpc) is 3.30. The van der Waals surface area contributed by atoms with Crippen LogP contribution in [-0.2, 0) is 10.8 Å². The summed E-state index contributed by atoms with van der Waals surface area (Å²) in [6.45, 7) is 6.95. The summed E-state index contributed by atoms with van der Waals surface area (Å²) in [4.78, 5) is 0. The Bertz CT molecular complexity index is 1670. The van der Waals surface area contributed by atoms with Crippen LogP contribution in [0.5, 0.6) is 0 Å². The average molecular weight is 511 g/mol. The van der Waals surface area contributed by atoms with Crippen LogP contribution in [-0.4, -0.2) is 0 Å². The van der Waals surface area contributed by atoms with Crippen molar-refractivity contribution in [2.75, 3.05) is 0 Å². The minimum atomic E-state index is 0.0658. The van der Waals surface area contributed by atoms with Crippen LogP contribution in [0.4, 0.5) is 0 Å². The first-order valence-corrected chi connectivity index (χ1v) is 15.0. The molecule has 5 aromatic rings. The predicted octanol–water partition coefficient (Wildman–Crippen LogP) is 10.7. The van der Waals surface area contributed by atoms with E-state index in [0.717, 1.165) is 28.9 Å². The second-order valence-electron chi connectivity index (χ2n) is 14.1. The van der Waals surface area contributed by atoms with Crippen LogP contribution in [0, 0.1) is 17.8 Å². The maximum Gasteiger partial charge on any atom is 0.135 e. The molecule has 4 aromatic carbocycles.